The summed E-state index contributed by atoms with van der Waals surface area (Å²) in [5.74, 6) is -0.165. The number of aromatic amines is 1. The first-order valence-corrected chi connectivity index (χ1v) is 5.77. The average molecular weight is 228 g/mol. The molecule has 0 spiro atoms. The Bertz CT molecular complexity index is 645. The van der Waals surface area contributed by atoms with Gasteiger partial charge in [0.15, 0.2) is 0 Å². The van der Waals surface area contributed by atoms with Crippen molar-refractivity contribution in [2.45, 2.75) is 25.2 Å². The third kappa shape index (κ3) is 1.65. The first-order chi connectivity index (χ1) is 8.25. The Morgan fingerprint density at radius 3 is 2.82 bits per heavy atom. The Balaban J connectivity index is 2.19. The number of carbonyl (C=O) groups is 1. The van der Waals surface area contributed by atoms with Crippen LogP contribution in [0, 0.1) is 0 Å². The largest absolute Gasteiger partial charge is 0.319 e. The van der Waals surface area contributed by atoms with Gasteiger partial charge in [0.1, 0.15) is 11.5 Å². The summed E-state index contributed by atoms with van der Waals surface area (Å²) < 4.78 is 0. The maximum Gasteiger partial charge on any atom is 0.270 e. The number of aromatic nitrogens is 2. The summed E-state index contributed by atoms with van der Waals surface area (Å²) in [7, 11) is 0. The highest BCUT2D eigenvalue weighted by molar-refractivity contribution is 5.87. The van der Waals surface area contributed by atoms with Crippen molar-refractivity contribution in [3.05, 3.63) is 40.3 Å². The smallest absolute Gasteiger partial charge is 0.270 e. The van der Waals surface area contributed by atoms with Crippen LogP contribution in [0.2, 0.25) is 0 Å². The third-order valence-electron chi connectivity index (χ3n) is 3.26. The Morgan fingerprint density at radius 2 is 2.06 bits per heavy atom. The Hall–Kier alpha value is -1.97. The van der Waals surface area contributed by atoms with Crippen LogP contribution in [0.25, 0.3) is 11.0 Å². The molecule has 1 unspecified atom stereocenters. The zero-order chi connectivity index (χ0) is 11.8. The van der Waals surface area contributed by atoms with Crippen molar-refractivity contribution in [2.24, 2.45) is 0 Å². The normalized spacial score (nSPS) is 20.0. The number of hydrogen-bond acceptors (Lipinski definition) is 3. The highest BCUT2D eigenvalue weighted by Crippen LogP contribution is 2.28. The molecule has 1 aromatic heterocycles. The molecule has 0 bridgehead atoms. The zero-order valence-electron chi connectivity index (χ0n) is 9.27. The summed E-state index contributed by atoms with van der Waals surface area (Å²) in [6, 6.07) is 7.37. The lowest BCUT2D eigenvalue weighted by Crippen LogP contribution is -2.21. The van der Waals surface area contributed by atoms with Gasteiger partial charge >= 0.3 is 0 Å². The minimum absolute atomic E-state index is 0.137. The summed E-state index contributed by atoms with van der Waals surface area (Å²) in [4.78, 5) is 30.7. The Kier molecular flexibility index (Phi) is 2.28. The van der Waals surface area contributed by atoms with E-state index in [1.165, 1.54) is 0 Å². The van der Waals surface area contributed by atoms with E-state index in [9.17, 15) is 9.59 Å². The molecule has 1 saturated carbocycles. The van der Waals surface area contributed by atoms with E-state index in [2.05, 4.69) is 9.97 Å². The van der Waals surface area contributed by atoms with Crippen molar-refractivity contribution in [1.82, 2.24) is 9.97 Å². The molecule has 0 radical (unpaired) electrons. The summed E-state index contributed by atoms with van der Waals surface area (Å²) in [5, 5.41) is 0. The van der Waals surface area contributed by atoms with Crippen LogP contribution in [0.1, 0.15) is 30.9 Å². The van der Waals surface area contributed by atoms with Gasteiger partial charge in [0, 0.05) is 6.42 Å². The number of Topliss-reactive ketones (excluding diaryl/α,β-unsaturated/α-hetero) is 1. The molecule has 1 aliphatic carbocycles. The molecule has 3 rings (SSSR count). The number of nitrogens with zero attached hydrogens (tertiary/aromatic N) is 1. The fourth-order valence-corrected chi connectivity index (χ4v) is 2.38. The molecule has 4 heteroatoms. The second-order valence-corrected chi connectivity index (χ2v) is 4.38. The average Bonchev–Trinajstić information content (AvgIpc) is 2.74. The molecule has 17 heavy (non-hydrogen) atoms. The lowest BCUT2D eigenvalue weighted by Gasteiger charge is -2.07. The molecule has 1 heterocycles. The van der Waals surface area contributed by atoms with Gasteiger partial charge in [-0.05, 0) is 25.0 Å². The number of ketones is 1. The van der Waals surface area contributed by atoms with Crippen LogP contribution < -0.4 is 5.56 Å². The van der Waals surface area contributed by atoms with Gasteiger partial charge < -0.3 is 4.98 Å². The Morgan fingerprint density at radius 1 is 1.24 bits per heavy atom. The zero-order valence-corrected chi connectivity index (χ0v) is 9.27. The van der Waals surface area contributed by atoms with Crippen LogP contribution in [-0.4, -0.2) is 15.8 Å². The lowest BCUT2D eigenvalue weighted by molar-refractivity contribution is -0.118. The van der Waals surface area contributed by atoms with Crippen LogP contribution in [0.5, 0.6) is 0 Å². The number of rotatable bonds is 1. The maximum absolute atomic E-state index is 11.9. The van der Waals surface area contributed by atoms with E-state index in [0.29, 0.717) is 17.6 Å². The standard InChI is InChI=1S/C13H12N2O2/c16-11-7-3-4-8(11)12-13(17)15-10-6-2-1-5-9(10)14-12/h1-2,5-6,8H,3-4,7H2,(H,15,17). The molecule has 1 fully saturated rings. The summed E-state index contributed by atoms with van der Waals surface area (Å²) in [5.41, 5.74) is 1.60. The fourth-order valence-electron chi connectivity index (χ4n) is 2.38. The molecule has 1 atom stereocenters. The van der Waals surface area contributed by atoms with E-state index >= 15 is 0 Å². The van der Waals surface area contributed by atoms with Crippen molar-refractivity contribution in [3.8, 4) is 0 Å². The van der Waals surface area contributed by atoms with Crippen LogP contribution in [0.15, 0.2) is 29.1 Å². The number of hydrogen-bond donors (Lipinski definition) is 1. The van der Waals surface area contributed by atoms with Crippen molar-refractivity contribution >= 4 is 16.8 Å². The number of fused-ring (bicyclic) bond motifs is 1. The van der Waals surface area contributed by atoms with Crippen molar-refractivity contribution < 1.29 is 4.79 Å². The van der Waals surface area contributed by atoms with Crippen molar-refractivity contribution in [2.75, 3.05) is 0 Å². The summed E-state index contributed by atoms with van der Waals surface area (Å²) in [6.45, 7) is 0. The Labute approximate surface area is 97.7 Å². The van der Waals surface area contributed by atoms with E-state index in [4.69, 9.17) is 0 Å². The van der Waals surface area contributed by atoms with Crippen molar-refractivity contribution in [1.29, 1.82) is 0 Å². The number of H-pyrrole nitrogens is 1. The van der Waals surface area contributed by atoms with Gasteiger partial charge in [0.25, 0.3) is 5.56 Å². The van der Waals surface area contributed by atoms with Gasteiger partial charge in [0.05, 0.1) is 17.0 Å². The van der Waals surface area contributed by atoms with Crippen molar-refractivity contribution in [3.63, 3.8) is 0 Å². The van der Waals surface area contributed by atoms with E-state index < -0.39 is 0 Å². The number of benzene rings is 1. The third-order valence-corrected chi connectivity index (χ3v) is 3.26. The fraction of sp³-hybridized carbons (Fsp3) is 0.308. The summed E-state index contributed by atoms with van der Waals surface area (Å²) in [6.07, 6.45) is 2.17. The molecule has 2 aromatic rings. The van der Waals surface area contributed by atoms with Gasteiger partial charge in [-0.15, -0.1) is 0 Å². The number of nitrogens with one attached hydrogen (secondary N) is 1. The van der Waals surface area contributed by atoms with Crippen LogP contribution in [-0.2, 0) is 4.79 Å². The van der Waals surface area contributed by atoms with Crippen LogP contribution in [0.4, 0.5) is 0 Å². The highest BCUT2D eigenvalue weighted by atomic mass is 16.1. The van der Waals surface area contributed by atoms with Crippen LogP contribution >= 0.6 is 0 Å². The molecule has 0 saturated heterocycles. The molecule has 1 N–H and O–H groups in total. The van der Waals surface area contributed by atoms with Crippen LogP contribution in [0.3, 0.4) is 0 Å². The van der Waals surface area contributed by atoms with E-state index in [1.807, 2.05) is 24.3 Å². The van der Waals surface area contributed by atoms with Gasteiger partial charge in [0.2, 0.25) is 0 Å². The predicted molar refractivity (Wildman–Crippen MR) is 64.0 cm³/mol. The molecule has 1 aromatic carbocycles. The second kappa shape index (κ2) is 3.80. The molecule has 1 aliphatic rings. The number of carbonyl (C=O) groups excluding carboxylic acids is 1. The first-order valence-electron chi connectivity index (χ1n) is 5.77. The minimum Gasteiger partial charge on any atom is -0.319 e. The highest BCUT2D eigenvalue weighted by Gasteiger charge is 2.29. The molecular weight excluding hydrogens is 216 g/mol. The lowest BCUT2D eigenvalue weighted by atomic mass is 10.0. The first kappa shape index (κ1) is 10.2. The van der Waals surface area contributed by atoms with E-state index in [-0.39, 0.29) is 17.3 Å². The topological polar surface area (TPSA) is 62.8 Å². The van der Waals surface area contributed by atoms with Gasteiger partial charge in [-0.3, -0.25) is 9.59 Å². The molecular formula is C13H12N2O2. The van der Waals surface area contributed by atoms with E-state index in [1.54, 1.807) is 0 Å². The maximum atomic E-state index is 11.9. The quantitative estimate of drug-likeness (QED) is 0.808. The van der Waals surface area contributed by atoms with E-state index in [0.717, 1.165) is 18.4 Å². The molecule has 86 valence electrons. The van der Waals surface area contributed by atoms with Gasteiger partial charge in [-0.25, -0.2) is 4.98 Å². The second-order valence-electron chi connectivity index (χ2n) is 4.38. The monoisotopic (exact) mass is 228 g/mol. The summed E-state index contributed by atoms with van der Waals surface area (Å²) >= 11 is 0. The predicted octanol–water partition coefficient (Wildman–Crippen LogP) is 1.76. The van der Waals surface area contributed by atoms with Gasteiger partial charge in [-0.2, -0.15) is 0 Å². The minimum atomic E-state index is -0.302. The number of para-hydroxylation sites is 2. The SMILES string of the molecule is O=C1CCCC1c1nc2ccccc2[nH]c1=O. The van der Waals surface area contributed by atoms with Gasteiger partial charge in [-0.1, -0.05) is 12.1 Å². The molecule has 4 nitrogen and oxygen atoms in total. The molecule has 0 amide bonds. The molecule has 0 aliphatic heterocycles.